The fourth-order valence-electron chi connectivity index (χ4n) is 5.78. The number of H-pyrrole nitrogens is 1. The SMILES string of the molecule is CC1C=C[C@H](n2c3ccccc3c3c4c(c5c6ccccc6[nH]c5c32)C(=O)NC4=O)CC1O. The van der Waals surface area contributed by atoms with E-state index in [0.29, 0.717) is 17.5 Å². The Labute approximate surface area is 188 Å². The van der Waals surface area contributed by atoms with Crippen molar-refractivity contribution >= 4 is 55.4 Å². The zero-order valence-corrected chi connectivity index (χ0v) is 17.9. The van der Waals surface area contributed by atoms with Crippen LogP contribution in [0, 0.1) is 5.92 Å². The molecule has 6 heteroatoms. The first-order valence-corrected chi connectivity index (χ1v) is 11.3. The summed E-state index contributed by atoms with van der Waals surface area (Å²) < 4.78 is 2.23. The highest BCUT2D eigenvalue weighted by molar-refractivity contribution is 6.39. The molecule has 6 nitrogen and oxygen atoms in total. The minimum atomic E-state index is -0.450. The Balaban J connectivity index is 1.76. The number of rotatable bonds is 1. The molecule has 2 unspecified atom stereocenters. The molecule has 0 bridgehead atoms. The van der Waals surface area contributed by atoms with Gasteiger partial charge in [-0.3, -0.25) is 14.9 Å². The van der Waals surface area contributed by atoms with Gasteiger partial charge < -0.3 is 14.7 Å². The minimum Gasteiger partial charge on any atom is -0.392 e. The number of carbonyl (C=O) groups is 2. The molecule has 1 aliphatic carbocycles. The van der Waals surface area contributed by atoms with Gasteiger partial charge >= 0.3 is 0 Å². The van der Waals surface area contributed by atoms with Crippen LogP contribution in [0.4, 0.5) is 0 Å². The molecule has 1 aliphatic heterocycles. The van der Waals surface area contributed by atoms with Gasteiger partial charge in [0.25, 0.3) is 11.8 Å². The first kappa shape index (κ1) is 18.7. The van der Waals surface area contributed by atoms with E-state index in [0.717, 1.165) is 43.6 Å². The van der Waals surface area contributed by atoms with E-state index >= 15 is 0 Å². The van der Waals surface area contributed by atoms with E-state index in [9.17, 15) is 14.7 Å². The summed E-state index contributed by atoms with van der Waals surface area (Å²) in [5, 5.41) is 16.6. The van der Waals surface area contributed by atoms with E-state index in [1.807, 2.05) is 55.5 Å². The van der Waals surface area contributed by atoms with Crippen LogP contribution in [0.3, 0.4) is 0 Å². The predicted molar refractivity (Wildman–Crippen MR) is 129 cm³/mol. The highest BCUT2D eigenvalue weighted by atomic mass is 16.3. The molecule has 3 heterocycles. The van der Waals surface area contributed by atoms with Gasteiger partial charge in [0, 0.05) is 38.5 Å². The molecule has 2 amide bonds. The first-order valence-electron chi connectivity index (χ1n) is 11.3. The van der Waals surface area contributed by atoms with Gasteiger partial charge in [0.1, 0.15) is 0 Å². The number of allylic oxidation sites excluding steroid dienone is 1. The van der Waals surface area contributed by atoms with Gasteiger partial charge in [0.15, 0.2) is 0 Å². The number of aromatic nitrogens is 2. The van der Waals surface area contributed by atoms with Crippen LogP contribution >= 0.6 is 0 Å². The van der Waals surface area contributed by atoms with Crippen LogP contribution in [0.2, 0.25) is 0 Å². The van der Waals surface area contributed by atoms with Crippen molar-refractivity contribution in [2.75, 3.05) is 0 Å². The number of fused-ring (bicyclic) bond motifs is 10. The number of nitrogens with one attached hydrogen (secondary N) is 2. The predicted octanol–water partition coefficient (Wildman–Crippen LogP) is 4.81. The third kappa shape index (κ3) is 2.31. The lowest BCUT2D eigenvalue weighted by atomic mass is 9.91. The summed E-state index contributed by atoms with van der Waals surface area (Å²) in [5.74, 6) is -0.622. The molecule has 0 spiro atoms. The fraction of sp³-hybridized carbons (Fsp3) is 0.185. The lowest BCUT2D eigenvalue weighted by molar-refractivity contribution is 0.0880. The Kier molecular flexibility index (Phi) is 3.58. The molecule has 5 aromatic rings. The average Bonchev–Trinajstić information content (AvgIpc) is 3.45. The second kappa shape index (κ2) is 6.33. The topological polar surface area (TPSA) is 87.1 Å². The molecule has 33 heavy (non-hydrogen) atoms. The Hall–Kier alpha value is -3.90. The quantitative estimate of drug-likeness (QED) is 0.261. The average molecular weight is 435 g/mol. The van der Waals surface area contributed by atoms with Crippen molar-refractivity contribution in [2.24, 2.45) is 5.92 Å². The fourth-order valence-corrected chi connectivity index (χ4v) is 5.78. The van der Waals surface area contributed by atoms with Crippen molar-refractivity contribution in [1.82, 2.24) is 14.9 Å². The molecule has 0 radical (unpaired) electrons. The summed E-state index contributed by atoms with van der Waals surface area (Å²) in [6.07, 6.45) is 4.34. The number of amides is 2. The maximum absolute atomic E-state index is 13.1. The van der Waals surface area contributed by atoms with Crippen LogP contribution in [-0.2, 0) is 0 Å². The summed E-state index contributed by atoms with van der Waals surface area (Å²) >= 11 is 0. The van der Waals surface area contributed by atoms with E-state index in [2.05, 4.69) is 27.0 Å². The van der Waals surface area contributed by atoms with Crippen molar-refractivity contribution in [2.45, 2.75) is 25.5 Å². The number of hydrogen-bond donors (Lipinski definition) is 3. The second-order valence-electron chi connectivity index (χ2n) is 9.18. The van der Waals surface area contributed by atoms with Gasteiger partial charge in [-0.15, -0.1) is 0 Å². The highest BCUT2D eigenvalue weighted by Crippen LogP contribution is 2.45. The molecule has 162 valence electrons. The van der Waals surface area contributed by atoms with Gasteiger partial charge in [-0.25, -0.2) is 0 Å². The molecule has 2 aromatic heterocycles. The Morgan fingerprint density at radius 1 is 0.909 bits per heavy atom. The van der Waals surface area contributed by atoms with Crippen molar-refractivity contribution in [3.05, 3.63) is 71.8 Å². The van der Waals surface area contributed by atoms with Gasteiger partial charge in [-0.1, -0.05) is 55.5 Å². The van der Waals surface area contributed by atoms with Gasteiger partial charge in [0.05, 0.1) is 34.3 Å². The summed E-state index contributed by atoms with van der Waals surface area (Å²) in [7, 11) is 0. The number of aliphatic hydroxyl groups is 1. The van der Waals surface area contributed by atoms with E-state index < -0.39 is 6.10 Å². The number of hydrogen-bond acceptors (Lipinski definition) is 3. The third-order valence-electron chi connectivity index (χ3n) is 7.34. The number of imide groups is 1. The van der Waals surface area contributed by atoms with Crippen LogP contribution in [0.15, 0.2) is 60.7 Å². The maximum atomic E-state index is 13.1. The molecule has 7 rings (SSSR count). The molecule has 0 saturated carbocycles. The zero-order chi connectivity index (χ0) is 22.4. The van der Waals surface area contributed by atoms with Crippen molar-refractivity contribution < 1.29 is 14.7 Å². The Morgan fingerprint density at radius 2 is 1.61 bits per heavy atom. The summed E-state index contributed by atoms with van der Waals surface area (Å²) in [5.41, 5.74) is 4.50. The van der Waals surface area contributed by atoms with Crippen molar-refractivity contribution in [1.29, 1.82) is 0 Å². The monoisotopic (exact) mass is 435 g/mol. The van der Waals surface area contributed by atoms with Crippen LogP contribution in [-0.4, -0.2) is 32.6 Å². The molecule has 2 aliphatic rings. The molecule has 3 atom stereocenters. The lowest BCUT2D eigenvalue weighted by Crippen LogP contribution is -2.25. The lowest BCUT2D eigenvalue weighted by Gasteiger charge is -2.28. The number of para-hydroxylation sites is 2. The normalized spacial score (nSPS) is 22.7. The molecular weight excluding hydrogens is 414 g/mol. The summed E-state index contributed by atoms with van der Waals surface area (Å²) in [6, 6.07) is 15.8. The number of carbonyl (C=O) groups excluding carboxylic acids is 2. The van der Waals surface area contributed by atoms with Crippen molar-refractivity contribution in [3.63, 3.8) is 0 Å². The van der Waals surface area contributed by atoms with Crippen LogP contribution in [0.25, 0.3) is 43.6 Å². The van der Waals surface area contributed by atoms with E-state index in [-0.39, 0.29) is 23.8 Å². The van der Waals surface area contributed by atoms with E-state index in [1.165, 1.54) is 0 Å². The third-order valence-corrected chi connectivity index (χ3v) is 7.34. The number of aliphatic hydroxyl groups excluding tert-OH is 1. The van der Waals surface area contributed by atoms with E-state index in [1.54, 1.807) is 0 Å². The standard InChI is InChI=1S/C27H21N3O3/c1-13-10-11-14(12-19(13)31)30-18-9-5-3-7-16(18)21-23-22(26(32)29-27(23)33)20-15-6-2-4-8-17(15)28-24(20)25(21)30/h2-11,13-14,19,28,31H,12H2,1H3,(H,29,32,33)/t13?,14-,19?/m0/s1. The van der Waals surface area contributed by atoms with Crippen LogP contribution in [0.1, 0.15) is 40.1 Å². The molecule has 3 N–H and O–H groups in total. The van der Waals surface area contributed by atoms with Gasteiger partial charge in [-0.05, 0) is 18.6 Å². The number of benzene rings is 3. The zero-order valence-electron chi connectivity index (χ0n) is 17.9. The molecule has 0 fully saturated rings. The van der Waals surface area contributed by atoms with Gasteiger partial charge in [-0.2, -0.15) is 0 Å². The number of nitrogens with zero attached hydrogens (tertiary/aromatic N) is 1. The molecule has 0 saturated heterocycles. The first-order chi connectivity index (χ1) is 16.0. The Bertz CT molecular complexity index is 1700. The van der Waals surface area contributed by atoms with Gasteiger partial charge in [0.2, 0.25) is 0 Å². The summed E-state index contributed by atoms with van der Waals surface area (Å²) in [6.45, 7) is 2.02. The Morgan fingerprint density at radius 3 is 2.39 bits per heavy atom. The van der Waals surface area contributed by atoms with Crippen LogP contribution in [0.5, 0.6) is 0 Å². The largest absolute Gasteiger partial charge is 0.392 e. The van der Waals surface area contributed by atoms with Crippen molar-refractivity contribution in [3.8, 4) is 0 Å². The second-order valence-corrected chi connectivity index (χ2v) is 9.18. The minimum absolute atomic E-state index is 0.0774. The summed E-state index contributed by atoms with van der Waals surface area (Å²) in [4.78, 5) is 29.7. The van der Waals surface area contributed by atoms with Crippen LogP contribution < -0.4 is 5.32 Å². The number of aromatic amines is 1. The van der Waals surface area contributed by atoms with E-state index in [4.69, 9.17) is 0 Å². The maximum Gasteiger partial charge on any atom is 0.259 e. The smallest absolute Gasteiger partial charge is 0.259 e. The molecule has 3 aromatic carbocycles. The highest BCUT2D eigenvalue weighted by Gasteiger charge is 2.36. The molecular formula is C27H21N3O3.